The number of halogens is 4. The molecule has 2 rings (SSSR count). The van der Waals surface area contributed by atoms with E-state index in [1.165, 1.54) is 18.2 Å². The highest BCUT2D eigenvalue weighted by atomic mass is 79.9. The van der Waals surface area contributed by atoms with Gasteiger partial charge in [-0.15, -0.1) is 0 Å². The summed E-state index contributed by atoms with van der Waals surface area (Å²) in [6, 6.07) is 8.51. The van der Waals surface area contributed by atoms with Gasteiger partial charge in [0.2, 0.25) is 0 Å². The van der Waals surface area contributed by atoms with Crippen LogP contribution in [0.15, 0.2) is 40.9 Å². The molecule has 0 saturated heterocycles. The summed E-state index contributed by atoms with van der Waals surface area (Å²) < 4.78 is 27.7. The molecule has 0 radical (unpaired) electrons. The molecule has 1 N–H and O–H groups in total. The van der Waals surface area contributed by atoms with Gasteiger partial charge in [0.05, 0.1) is 6.10 Å². The molecule has 0 spiro atoms. The lowest BCUT2D eigenvalue weighted by Crippen LogP contribution is -2.06. The molecule has 0 aliphatic carbocycles. The summed E-state index contributed by atoms with van der Waals surface area (Å²) in [6.45, 7) is 0. The third-order valence-electron chi connectivity index (χ3n) is 2.73. The van der Waals surface area contributed by atoms with Crippen molar-refractivity contribution in [1.82, 2.24) is 0 Å². The largest absolute Gasteiger partial charge is 0.388 e. The molecule has 1 nitrogen and oxygen atoms in total. The summed E-state index contributed by atoms with van der Waals surface area (Å²) in [5.41, 5.74) is 0.369. The molecule has 0 heterocycles. The molecule has 1 atom stereocenters. The third-order valence-corrected chi connectivity index (χ3v) is 3.40. The number of aliphatic hydroxyl groups is 1. The second kappa shape index (κ2) is 5.99. The van der Waals surface area contributed by atoms with E-state index in [1.807, 2.05) is 0 Å². The molecular formula is C14H10BrClF2O. The zero-order valence-corrected chi connectivity index (χ0v) is 12.0. The summed E-state index contributed by atoms with van der Waals surface area (Å²) in [5.74, 6) is -1.33. The van der Waals surface area contributed by atoms with Crippen molar-refractivity contribution in [2.45, 2.75) is 12.5 Å². The Balaban J connectivity index is 2.28. The van der Waals surface area contributed by atoms with E-state index in [0.29, 0.717) is 15.1 Å². The minimum absolute atomic E-state index is 0.133. The van der Waals surface area contributed by atoms with E-state index in [-0.39, 0.29) is 12.0 Å². The first-order valence-electron chi connectivity index (χ1n) is 5.54. The molecule has 100 valence electrons. The second-order valence-electron chi connectivity index (χ2n) is 4.12. The van der Waals surface area contributed by atoms with Gasteiger partial charge in [-0.05, 0) is 35.9 Å². The molecule has 0 saturated carbocycles. The molecular weight excluding hydrogens is 338 g/mol. The average molecular weight is 348 g/mol. The molecule has 19 heavy (non-hydrogen) atoms. The van der Waals surface area contributed by atoms with Crippen LogP contribution in [0.5, 0.6) is 0 Å². The van der Waals surface area contributed by atoms with E-state index >= 15 is 0 Å². The topological polar surface area (TPSA) is 20.2 Å². The molecule has 0 fully saturated rings. The Labute approximate surface area is 123 Å². The standard InChI is InChI=1S/C14H10BrClF2O/c15-9-4-8(5-10(16)6-9)14(19)7-11-12(17)2-1-3-13(11)18/h1-6,14,19H,7H2. The highest BCUT2D eigenvalue weighted by molar-refractivity contribution is 9.10. The van der Waals surface area contributed by atoms with Gasteiger partial charge in [-0.3, -0.25) is 0 Å². The minimum Gasteiger partial charge on any atom is -0.388 e. The van der Waals surface area contributed by atoms with E-state index in [2.05, 4.69) is 15.9 Å². The van der Waals surface area contributed by atoms with Gasteiger partial charge in [-0.2, -0.15) is 0 Å². The lowest BCUT2D eigenvalue weighted by Gasteiger charge is -2.13. The summed E-state index contributed by atoms with van der Waals surface area (Å²) in [7, 11) is 0. The lowest BCUT2D eigenvalue weighted by atomic mass is 10.0. The first-order chi connectivity index (χ1) is 8.97. The Bertz CT molecular complexity index is 563. The van der Waals surface area contributed by atoms with Gasteiger partial charge in [0.25, 0.3) is 0 Å². The fourth-order valence-electron chi connectivity index (χ4n) is 1.81. The molecule has 5 heteroatoms. The van der Waals surface area contributed by atoms with Crippen molar-refractivity contribution < 1.29 is 13.9 Å². The highest BCUT2D eigenvalue weighted by Crippen LogP contribution is 2.27. The van der Waals surface area contributed by atoms with Crippen molar-refractivity contribution in [3.63, 3.8) is 0 Å². The summed E-state index contributed by atoms with van der Waals surface area (Å²) in [4.78, 5) is 0. The Hall–Kier alpha value is -0.970. The van der Waals surface area contributed by atoms with E-state index in [4.69, 9.17) is 11.6 Å². The quantitative estimate of drug-likeness (QED) is 0.856. The molecule has 0 bridgehead atoms. The maximum atomic E-state index is 13.5. The Morgan fingerprint density at radius 3 is 2.37 bits per heavy atom. The summed E-state index contributed by atoms with van der Waals surface area (Å²) in [5, 5.41) is 10.5. The van der Waals surface area contributed by atoms with Crippen molar-refractivity contribution >= 4 is 27.5 Å². The summed E-state index contributed by atoms with van der Waals surface area (Å²) >= 11 is 9.12. The van der Waals surface area contributed by atoms with Crippen LogP contribution in [0.1, 0.15) is 17.2 Å². The number of benzene rings is 2. The predicted molar refractivity (Wildman–Crippen MR) is 74.2 cm³/mol. The Morgan fingerprint density at radius 1 is 1.16 bits per heavy atom. The van der Waals surface area contributed by atoms with Crippen molar-refractivity contribution in [2.24, 2.45) is 0 Å². The molecule has 2 aromatic rings. The first kappa shape index (κ1) is 14.4. The van der Waals surface area contributed by atoms with Gasteiger partial charge in [-0.25, -0.2) is 8.78 Å². The average Bonchev–Trinajstić information content (AvgIpc) is 2.32. The van der Waals surface area contributed by atoms with Crippen LogP contribution in [0.25, 0.3) is 0 Å². The van der Waals surface area contributed by atoms with Gasteiger partial charge in [0, 0.05) is 21.5 Å². The maximum Gasteiger partial charge on any atom is 0.129 e. The number of hydrogen-bond acceptors (Lipinski definition) is 1. The van der Waals surface area contributed by atoms with E-state index < -0.39 is 17.7 Å². The van der Waals surface area contributed by atoms with Crippen LogP contribution >= 0.6 is 27.5 Å². The smallest absolute Gasteiger partial charge is 0.129 e. The molecule has 0 aliphatic rings. The van der Waals surface area contributed by atoms with Crippen LogP contribution in [0, 0.1) is 11.6 Å². The van der Waals surface area contributed by atoms with Crippen LogP contribution in [0.3, 0.4) is 0 Å². The lowest BCUT2D eigenvalue weighted by molar-refractivity contribution is 0.175. The Kier molecular flexibility index (Phi) is 4.55. The van der Waals surface area contributed by atoms with Crippen molar-refractivity contribution in [1.29, 1.82) is 0 Å². The van der Waals surface area contributed by atoms with Crippen LogP contribution in [0.4, 0.5) is 8.78 Å². The van der Waals surface area contributed by atoms with Crippen LogP contribution in [-0.2, 0) is 6.42 Å². The molecule has 1 unspecified atom stereocenters. The van der Waals surface area contributed by atoms with Crippen molar-refractivity contribution in [3.8, 4) is 0 Å². The number of aliphatic hydroxyl groups excluding tert-OH is 1. The van der Waals surface area contributed by atoms with Crippen LogP contribution in [0.2, 0.25) is 5.02 Å². The predicted octanol–water partition coefficient (Wildman–Crippen LogP) is 4.66. The molecule has 0 aliphatic heterocycles. The number of rotatable bonds is 3. The van der Waals surface area contributed by atoms with Gasteiger partial charge >= 0.3 is 0 Å². The SMILES string of the molecule is OC(Cc1c(F)cccc1F)c1cc(Cl)cc(Br)c1. The summed E-state index contributed by atoms with van der Waals surface area (Å²) in [6.07, 6.45) is -1.17. The van der Waals surface area contributed by atoms with Gasteiger partial charge < -0.3 is 5.11 Å². The molecule has 0 aromatic heterocycles. The normalized spacial score (nSPS) is 12.5. The fourth-order valence-corrected chi connectivity index (χ4v) is 2.69. The van der Waals surface area contributed by atoms with Gasteiger partial charge in [-0.1, -0.05) is 33.6 Å². The number of hydrogen-bond donors (Lipinski definition) is 1. The molecule has 2 aromatic carbocycles. The minimum atomic E-state index is -1.03. The second-order valence-corrected chi connectivity index (χ2v) is 5.48. The van der Waals surface area contributed by atoms with Crippen LogP contribution in [-0.4, -0.2) is 5.11 Å². The van der Waals surface area contributed by atoms with E-state index in [0.717, 1.165) is 0 Å². The monoisotopic (exact) mass is 346 g/mol. The fraction of sp³-hybridized carbons (Fsp3) is 0.143. The highest BCUT2D eigenvalue weighted by Gasteiger charge is 2.16. The zero-order chi connectivity index (χ0) is 14.0. The van der Waals surface area contributed by atoms with E-state index in [9.17, 15) is 13.9 Å². The van der Waals surface area contributed by atoms with Crippen molar-refractivity contribution in [3.05, 3.63) is 68.7 Å². The van der Waals surface area contributed by atoms with Crippen molar-refractivity contribution in [2.75, 3.05) is 0 Å². The third kappa shape index (κ3) is 3.53. The molecule has 0 amide bonds. The van der Waals surface area contributed by atoms with Gasteiger partial charge in [0.15, 0.2) is 0 Å². The zero-order valence-electron chi connectivity index (χ0n) is 9.71. The van der Waals surface area contributed by atoms with E-state index in [1.54, 1.807) is 18.2 Å². The van der Waals surface area contributed by atoms with Crippen LogP contribution < -0.4 is 0 Å². The van der Waals surface area contributed by atoms with Gasteiger partial charge in [0.1, 0.15) is 11.6 Å². The Morgan fingerprint density at radius 2 is 1.79 bits per heavy atom. The first-order valence-corrected chi connectivity index (χ1v) is 6.71. The maximum absolute atomic E-state index is 13.5.